The lowest BCUT2D eigenvalue weighted by Gasteiger charge is -2.42. The largest absolute Gasteiger partial charge is 0.697 e. The number of carbonyl (C=O) groups is 8. The Morgan fingerprint density at radius 3 is 1.16 bits per heavy atom. The topological polar surface area (TPSA) is 575 Å². The summed E-state index contributed by atoms with van der Waals surface area (Å²) in [4.78, 5) is 110. The Kier molecular flexibility index (Phi) is 59.3. The van der Waals surface area contributed by atoms with Crippen LogP contribution in [0.2, 0.25) is 0 Å². The second kappa shape index (κ2) is 66.6. The molecule has 4 aliphatic rings. The van der Waals surface area contributed by atoms with Crippen LogP contribution in [-0.2, 0) is 94.6 Å². The van der Waals surface area contributed by atoms with E-state index in [1.165, 1.54) is 20.8 Å². The maximum absolute atomic E-state index is 14.7. The molecule has 0 spiro atoms. The van der Waals surface area contributed by atoms with Crippen molar-refractivity contribution >= 4 is 67.4 Å². The zero-order valence-corrected chi connectivity index (χ0v) is 74.5. The van der Waals surface area contributed by atoms with Gasteiger partial charge in [0, 0.05) is 122 Å². The lowest BCUT2D eigenvalue weighted by atomic mass is 9.93. The maximum Gasteiger partial charge on any atom is 0.697 e. The van der Waals surface area contributed by atoms with Crippen LogP contribution >= 0.6 is 8.25 Å². The van der Waals surface area contributed by atoms with Crippen molar-refractivity contribution in [2.75, 3.05) is 132 Å². The number of hydrogen-bond donors (Lipinski definition) is 17. The van der Waals surface area contributed by atoms with Gasteiger partial charge in [-0.25, -0.2) is 0 Å². The number of rotatable bonds is 70. The molecule has 41 heteroatoms. The van der Waals surface area contributed by atoms with Crippen molar-refractivity contribution in [2.45, 2.75) is 331 Å². The normalized spacial score (nSPS) is 24.4. The number of ether oxygens (including phenoxy) is 9. The first-order valence-electron chi connectivity index (χ1n) is 45.0. The van der Waals surface area contributed by atoms with E-state index < -0.39 is 149 Å². The molecule has 0 aliphatic carbocycles. The van der Waals surface area contributed by atoms with E-state index in [1.54, 1.807) is 18.0 Å². The molecule has 0 radical (unpaired) electrons. The number of carbonyl (C=O) groups excluding carboxylic acids is 8. The first-order valence-corrected chi connectivity index (χ1v) is 46.1. The molecule has 124 heavy (non-hydrogen) atoms. The van der Waals surface area contributed by atoms with Crippen molar-refractivity contribution in [3.05, 3.63) is 0 Å². The molecule has 16 atom stereocenters. The van der Waals surface area contributed by atoms with Gasteiger partial charge in [-0.05, 0) is 90.4 Å². The van der Waals surface area contributed by atoms with Crippen molar-refractivity contribution in [3.63, 3.8) is 0 Å². The van der Waals surface area contributed by atoms with Gasteiger partial charge in [0.25, 0.3) is 0 Å². The van der Waals surface area contributed by atoms with E-state index in [2.05, 4.69) is 47.3 Å². The number of piperidine rings is 1. The predicted molar refractivity (Wildman–Crippen MR) is 454 cm³/mol. The van der Waals surface area contributed by atoms with Gasteiger partial charge in [0.15, 0.2) is 18.9 Å². The fraction of sp³-hybridized carbons (Fsp3) is 0.880. The molecule has 0 aromatic rings. The lowest BCUT2D eigenvalue weighted by molar-refractivity contribution is -0.270. The number of aliphatic hydroxyl groups excluding tert-OH is 9. The molecular formula is C83H151N11O29P+. The number of hydrazone groups is 1. The molecule has 4 aliphatic heterocycles. The van der Waals surface area contributed by atoms with E-state index in [9.17, 15) is 88.9 Å². The zero-order valence-electron chi connectivity index (χ0n) is 73.6. The quantitative estimate of drug-likeness (QED) is 0.0134. The van der Waals surface area contributed by atoms with Gasteiger partial charge in [-0.1, -0.05) is 96.3 Å². The summed E-state index contributed by atoms with van der Waals surface area (Å²) in [5.74, 6) is 2.47. The molecule has 716 valence electrons. The van der Waals surface area contributed by atoms with Gasteiger partial charge in [-0.15, -0.1) is 9.05 Å². The summed E-state index contributed by atoms with van der Waals surface area (Å²) in [7, 11) is -2.01. The molecule has 0 saturated carbocycles. The van der Waals surface area contributed by atoms with Gasteiger partial charge in [-0.3, -0.25) is 43.3 Å². The SMILES string of the molecule is CCO[P+](=O)OCCCCCCCCCCC(C=NCCCCCCCC(=O)N1CCC(C(=O)NC(COCCC(=O)NCCCCCCOC2OC(CO)C(O)C(O)C2NC(C)=O)(COCCC(=O)NCCCCCCOC2OC(CO)C(O)C(O)C2NC(C)=O)COCCC(=O)NCCCCCCOC2OC(CO)C(O)C(O)C2NC(C)=O)CC1)=NN. The van der Waals surface area contributed by atoms with Crippen molar-refractivity contribution in [1.82, 2.24) is 42.1 Å². The summed E-state index contributed by atoms with van der Waals surface area (Å²) in [6.45, 7) is 6.59. The minimum atomic E-state index is -2.01. The lowest BCUT2D eigenvalue weighted by Crippen LogP contribution is -2.64. The van der Waals surface area contributed by atoms with Crippen LogP contribution in [0, 0.1) is 5.92 Å². The van der Waals surface area contributed by atoms with Gasteiger partial charge >= 0.3 is 8.25 Å². The van der Waals surface area contributed by atoms with Crippen LogP contribution in [0.5, 0.6) is 0 Å². The van der Waals surface area contributed by atoms with Crippen LogP contribution in [0.15, 0.2) is 10.1 Å². The zero-order chi connectivity index (χ0) is 90.7. The molecular weight excluding hydrogens is 1650 g/mol. The highest BCUT2D eigenvalue weighted by atomic mass is 31.1. The number of aliphatic hydroxyl groups is 9. The summed E-state index contributed by atoms with van der Waals surface area (Å²) in [6, 6.07) is -3.19. The molecule has 4 heterocycles. The summed E-state index contributed by atoms with van der Waals surface area (Å²) in [5, 5.41) is 115. The summed E-state index contributed by atoms with van der Waals surface area (Å²) < 4.78 is 74.6. The van der Waals surface area contributed by atoms with Crippen molar-refractivity contribution in [2.24, 2.45) is 21.9 Å². The molecule has 0 aromatic carbocycles. The predicted octanol–water partition coefficient (Wildman–Crippen LogP) is 1.16. The second-order valence-electron chi connectivity index (χ2n) is 32.3. The third-order valence-corrected chi connectivity index (χ3v) is 22.6. The minimum Gasteiger partial charge on any atom is -0.394 e. The Balaban J connectivity index is 1.33. The molecule has 18 N–H and O–H groups in total. The van der Waals surface area contributed by atoms with Crippen molar-refractivity contribution < 1.29 is 141 Å². The number of nitrogens with one attached hydrogen (secondary N) is 7. The van der Waals surface area contributed by atoms with Gasteiger partial charge in [0.2, 0.25) is 47.3 Å². The molecule has 0 aromatic heterocycles. The molecule has 4 rings (SSSR count). The average molecular weight is 1800 g/mol. The van der Waals surface area contributed by atoms with Crippen molar-refractivity contribution in [3.8, 4) is 0 Å². The Labute approximate surface area is 731 Å². The molecule has 40 nitrogen and oxygen atoms in total. The van der Waals surface area contributed by atoms with E-state index in [1.807, 2.05) is 0 Å². The Hall–Kier alpha value is -5.80. The van der Waals surface area contributed by atoms with Gasteiger partial charge in [-0.2, -0.15) is 5.10 Å². The second-order valence-corrected chi connectivity index (χ2v) is 33.2. The van der Waals surface area contributed by atoms with E-state index >= 15 is 0 Å². The monoisotopic (exact) mass is 1800 g/mol. The number of likely N-dealkylation sites (tertiary alicyclic amines) is 1. The van der Waals surface area contributed by atoms with Crippen LogP contribution in [0.1, 0.15) is 233 Å². The molecule has 8 amide bonds. The fourth-order valence-corrected chi connectivity index (χ4v) is 15.2. The molecule has 0 bridgehead atoms. The van der Waals surface area contributed by atoms with Crippen LogP contribution < -0.4 is 43.1 Å². The number of aliphatic imine (C=N–C) groups is 1. The third-order valence-electron chi connectivity index (χ3n) is 21.8. The van der Waals surface area contributed by atoms with Gasteiger partial charge in [0.1, 0.15) is 91.8 Å². The Morgan fingerprint density at radius 2 is 0.798 bits per heavy atom. The number of nitrogens with zero attached hydrogens (tertiary/aromatic N) is 3. The van der Waals surface area contributed by atoms with Crippen molar-refractivity contribution in [1.29, 1.82) is 0 Å². The first kappa shape index (κ1) is 111. The Morgan fingerprint density at radius 1 is 0.452 bits per heavy atom. The smallest absolute Gasteiger partial charge is 0.394 e. The molecule has 4 saturated heterocycles. The van der Waals surface area contributed by atoms with Crippen LogP contribution in [0.3, 0.4) is 0 Å². The van der Waals surface area contributed by atoms with Gasteiger partial charge < -0.3 is 137 Å². The molecule has 4 fully saturated rings. The van der Waals surface area contributed by atoms with E-state index in [0.717, 1.165) is 89.2 Å². The van der Waals surface area contributed by atoms with Crippen LogP contribution in [0.4, 0.5) is 0 Å². The van der Waals surface area contributed by atoms with E-state index in [4.69, 9.17) is 57.5 Å². The maximum atomic E-state index is 14.7. The highest BCUT2D eigenvalue weighted by Gasteiger charge is 2.48. The molecule has 16 unspecified atom stereocenters. The number of nitrogens with two attached hydrogens (primary N) is 1. The third kappa shape index (κ3) is 45.9. The standard InChI is InChI=1S/C83H150N11O29P/c1-5-119-124(112)120-47-30-17-9-7-6-8-11-21-31-62(93-84)51-85-38-23-13-10-12-22-32-69(104)94-42-33-61(34-43-94)79(111)92-83(55-113-48-35-66(101)86-39-24-14-18-27-44-116-80-70(89-58(2)98)76(108)73(105)63(52-95)121-80,56-114-49-36-67(102)87-40-25-15-19-28-45-117-81-71(90-59(3)99)77(109)74(106)64(53-96)122-81)57-115-50-37-68(103)88-41-26-16-20-29-46-118-82-72(91-60(4)100)78(110)75(107)65(54-97)123-82/h51,61,63-65,70-78,80-82,95-97,105-110H,5-50,52-57H2,1-4H3,(H8-,84,85,86,87,88,89,90,91,92,98,99,100,101,102,103,111)/p+1. The number of unbranched alkanes of at least 4 members (excludes halogenated alkanes) is 20. The van der Waals surface area contributed by atoms with Crippen LogP contribution in [-0.4, -0.2) is 339 Å². The minimum absolute atomic E-state index is 0.0110. The van der Waals surface area contributed by atoms with E-state index in [0.29, 0.717) is 155 Å². The highest BCUT2D eigenvalue weighted by Crippen LogP contribution is 2.29. The number of hydrogen-bond acceptors (Lipinski definition) is 32. The highest BCUT2D eigenvalue weighted by molar-refractivity contribution is 7.33. The first-order chi connectivity index (χ1) is 59.8. The fourth-order valence-electron chi connectivity index (χ4n) is 14.7. The summed E-state index contributed by atoms with van der Waals surface area (Å²) in [5.41, 5.74) is -0.659. The summed E-state index contributed by atoms with van der Waals surface area (Å²) >= 11 is 0. The van der Waals surface area contributed by atoms with Gasteiger partial charge in [0.05, 0.1) is 65.2 Å². The summed E-state index contributed by atoms with van der Waals surface area (Å²) in [6.07, 6.45) is 8.64. The number of amides is 8. The average Bonchev–Trinajstić information content (AvgIpc) is 0.813. The van der Waals surface area contributed by atoms with Crippen LogP contribution in [0.25, 0.3) is 0 Å². The Bertz CT molecular complexity index is 2840. The van der Waals surface area contributed by atoms with E-state index in [-0.39, 0.29) is 108 Å².